The monoisotopic (exact) mass is 467 g/mol. The van der Waals surface area contributed by atoms with Crippen molar-refractivity contribution >= 4 is 29.5 Å². The zero-order valence-corrected chi connectivity index (χ0v) is 21.5. The number of carbonyl (C=O) groups is 3. The highest BCUT2D eigenvalue weighted by Crippen LogP contribution is 2.68. The van der Waals surface area contributed by atoms with Gasteiger partial charge in [-0.1, -0.05) is 34.6 Å². The van der Waals surface area contributed by atoms with Crippen molar-refractivity contribution in [3.05, 3.63) is 0 Å². The quantitative estimate of drug-likeness (QED) is 0.508. The molecule has 3 N–H and O–H groups in total. The molecular weight excluding hydrogens is 426 g/mol. The van der Waals surface area contributed by atoms with Gasteiger partial charge in [0.15, 0.2) is 0 Å². The lowest BCUT2D eigenvalue weighted by atomic mass is 9.65. The van der Waals surface area contributed by atoms with E-state index >= 15 is 0 Å². The minimum absolute atomic E-state index is 0.0319. The van der Waals surface area contributed by atoms with E-state index in [1.54, 1.807) is 16.7 Å². The molecule has 0 aliphatic carbocycles. The van der Waals surface area contributed by atoms with Crippen LogP contribution >= 0.6 is 11.8 Å². The van der Waals surface area contributed by atoms with Crippen molar-refractivity contribution in [2.75, 3.05) is 19.7 Å². The summed E-state index contributed by atoms with van der Waals surface area (Å²) in [4.78, 5) is 42.1. The highest BCUT2D eigenvalue weighted by atomic mass is 32.2. The van der Waals surface area contributed by atoms with Gasteiger partial charge in [0.1, 0.15) is 6.04 Å². The summed E-state index contributed by atoms with van der Waals surface area (Å²) >= 11 is 1.67. The maximum Gasteiger partial charge on any atom is 0.244 e. The first-order chi connectivity index (χ1) is 14.8. The molecule has 3 saturated heterocycles. The van der Waals surface area contributed by atoms with Gasteiger partial charge >= 0.3 is 0 Å². The third kappa shape index (κ3) is 4.29. The van der Waals surface area contributed by atoms with Crippen LogP contribution in [0.2, 0.25) is 0 Å². The summed E-state index contributed by atoms with van der Waals surface area (Å²) in [6, 6.07) is -0.680. The SMILES string of the molecule is CCCNC(=O)[C@@H]1[C@@H]2CC(C)C3(S2)C(C(=O)NC(C)(C)CC(C)(C)C)N(CCO)C(=O)[C@H]13. The summed E-state index contributed by atoms with van der Waals surface area (Å²) in [6.45, 7) is 15.0. The lowest BCUT2D eigenvalue weighted by molar-refractivity contribution is -0.140. The maximum absolute atomic E-state index is 13.8. The molecule has 0 aromatic carbocycles. The van der Waals surface area contributed by atoms with Crippen molar-refractivity contribution in [2.45, 2.75) is 89.3 Å². The first kappa shape index (κ1) is 25.3. The second kappa shape index (κ2) is 8.82. The van der Waals surface area contributed by atoms with E-state index in [2.05, 4.69) is 38.3 Å². The molecule has 3 unspecified atom stereocenters. The van der Waals surface area contributed by atoms with E-state index < -0.39 is 28.2 Å². The summed E-state index contributed by atoms with van der Waals surface area (Å²) in [6.07, 6.45) is 2.44. The molecule has 2 bridgehead atoms. The largest absolute Gasteiger partial charge is 0.395 e. The van der Waals surface area contributed by atoms with E-state index in [-0.39, 0.29) is 47.5 Å². The van der Waals surface area contributed by atoms with Crippen LogP contribution in [0.25, 0.3) is 0 Å². The van der Waals surface area contributed by atoms with Crippen molar-refractivity contribution in [3.63, 3.8) is 0 Å². The fraction of sp³-hybridized carbons (Fsp3) is 0.875. The first-order valence-corrected chi connectivity index (χ1v) is 12.9. The molecule has 0 radical (unpaired) electrons. The molecule has 3 amide bonds. The molecule has 3 rings (SSSR count). The topological polar surface area (TPSA) is 98.7 Å². The minimum Gasteiger partial charge on any atom is -0.395 e. The Morgan fingerprint density at radius 3 is 2.44 bits per heavy atom. The highest BCUT2D eigenvalue weighted by molar-refractivity contribution is 8.02. The number of hydrogen-bond donors (Lipinski definition) is 3. The molecule has 32 heavy (non-hydrogen) atoms. The van der Waals surface area contributed by atoms with Crippen LogP contribution in [0.5, 0.6) is 0 Å². The lowest BCUT2D eigenvalue weighted by Gasteiger charge is -2.41. The Hall–Kier alpha value is -1.28. The van der Waals surface area contributed by atoms with Crippen LogP contribution in [-0.2, 0) is 14.4 Å². The van der Waals surface area contributed by atoms with Crippen molar-refractivity contribution in [2.24, 2.45) is 23.2 Å². The minimum atomic E-state index is -0.680. The predicted molar refractivity (Wildman–Crippen MR) is 127 cm³/mol. The number of fused-ring (bicyclic) bond motifs is 1. The number of nitrogens with one attached hydrogen (secondary N) is 2. The van der Waals surface area contributed by atoms with Gasteiger partial charge in [-0.25, -0.2) is 0 Å². The Morgan fingerprint density at radius 1 is 1.22 bits per heavy atom. The first-order valence-electron chi connectivity index (χ1n) is 12.0. The van der Waals surface area contributed by atoms with Gasteiger partial charge in [0.05, 0.1) is 23.2 Å². The summed E-state index contributed by atoms with van der Waals surface area (Å²) in [5.41, 5.74) is -0.412. The van der Waals surface area contributed by atoms with E-state index in [4.69, 9.17) is 0 Å². The van der Waals surface area contributed by atoms with Gasteiger partial charge in [0, 0.05) is 23.9 Å². The van der Waals surface area contributed by atoms with Crippen LogP contribution < -0.4 is 10.6 Å². The fourth-order valence-electron chi connectivity index (χ4n) is 6.61. The summed E-state index contributed by atoms with van der Waals surface area (Å²) < 4.78 is -0.632. The van der Waals surface area contributed by atoms with Gasteiger partial charge in [-0.2, -0.15) is 0 Å². The average molecular weight is 468 g/mol. The molecular formula is C24H41N3O4S. The number of rotatable bonds is 8. The number of β-amino-alcohol motifs (C(OH)–C–C–N with tert-alkyl or cyclic N) is 1. The molecule has 8 heteroatoms. The third-order valence-corrected chi connectivity index (χ3v) is 9.20. The molecule has 6 atom stereocenters. The summed E-state index contributed by atoms with van der Waals surface area (Å²) in [5, 5.41) is 16.0. The molecule has 0 saturated carbocycles. The van der Waals surface area contributed by atoms with Crippen molar-refractivity contribution in [1.82, 2.24) is 15.5 Å². The highest BCUT2D eigenvalue weighted by Gasteiger charge is 2.75. The van der Waals surface area contributed by atoms with Crippen LogP contribution in [0.4, 0.5) is 0 Å². The number of aliphatic hydroxyl groups is 1. The van der Waals surface area contributed by atoms with Crippen LogP contribution in [-0.4, -0.2) is 69.0 Å². The maximum atomic E-state index is 13.8. The smallest absolute Gasteiger partial charge is 0.244 e. The van der Waals surface area contributed by atoms with E-state index in [1.165, 1.54) is 0 Å². The Bertz CT molecular complexity index is 765. The van der Waals surface area contributed by atoms with Crippen molar-refractivity contribution in [1.29, 1.82) is 0 Å². The molecule has 182 valence electrons. The van der Waals surface area contributed by atoms with E-state index in [1.807, 2.05) is 20.8 Å². The summed E-state index contributed by atoms with van der Waals surface area (Å²) in [5.74, 6) is -1.21. The van der Waals surface area contributed by atoms with Gasteiger partial charge in [0.2, 0.25) is 17.7 Å². The zero-order chi connectivity index (χ0) is 24.1. The fourth-order valence-corrected chi connectivity index (χ4v) is 9.03. The van der Waals surface area contributed by atoms with Crippen LogP contribution in [0.15, 0.2) is 0 Å². The lowest BCUT2D eigenvalue weighted by Crippen LogP contribution is -2.60. The Morgan fingerprint density at radius 2 is 1.88 bits per heavy atom. The number of amides is 3. The normalized spacial score (nSPS) is 34.1. The van der Waals surface area contributed by atoms with Crippen LogP contribution in [0.1, 0.15) is 67.7 Å². The van der Waals surface area contributed by atoms with Crippen LogP contribution in [0, 0.1) is 23.2 Å². The molecule has 7 nitrogen and oxygen atoms in total. The molecule has 0 aromatic heterocycles. The molecule has 3 aliphatic rings. The standard InChI is InChI=1S/C24H41N3O4S/c1-8-9-25-19(29)16-15-12-14(2)24(32-15)17(16)21(31)27(10-11-28)18(24)20(30)26-23(6,7)13-22(3,4)5/h14-18,28H,8-13H2,1-7H3,(H,25,29)(H,26,30)/t14?,15-,16+,17-,18?,24?/m0/s1. The van der Waals surface area contributed by atoms with E-state index in [0.29, 0.717) is 6.54 Å². The second-order valence-electron chi connectivity index (χ2n) is 11.7. The number of nitrogens with zero attached hydrogens (tertiary/aromatic N) is 1. The van der Waals surface area contributed by atoms with Gasteiger partial charge in [0.25, 0.3) is 0 Å². The molecule has 0 aromatic rings. The van der Waals surface area contributed by atoms with Crippen molar-refractivity contribution in [3.8, 4) is 0 Å². The Balaban J connectivity index is 1.96. The zero-order valence-electron chi connectivity index (χ0n) is 20.7. The van der Waals surface area contributed by atoms with E-state index in [9.17, 15) is 19.5 Å². The molecule has 1 spiro atoms. The Kier molecular flexibility index (Phi) is 6.99. The number of hydrogen-bond acceptors (Lipinski definition) is 5. The van der Waals surface area contributed by atoms with Gasteiger partial charge < -0.3 is 20.6 Å². The van der Waals surface area contributed by atoms with Crippen LogP contribution in [0.3, 0.4) is 0 Å². The van der Waals surface area contributed by atoms with Gasteiger partial charge in [-0.15, -0.1) is 11.8 Å². The van der Waals surface area contributed by atoms with Gasteiger partial charge in [-0.05, 0) is 44.4 Å². The Labute approximate surface area is 196 Å². The number of likely N-dealkylation sites (tertiary alicyclic amines) is 1. The third-order valence-electron chi connectivity index (χ3n) is 7.12. The number of thioether (sulfide) groups is 1. The predicted octanol–water partition coefficient (Wildman–Crippen LogP) is 2.17. The average Bonchev–Trinajstić information content (AvgIpc) is 3.22. The molecule has 3 aliphatic heterocycles. The number of aliphatic hydroxyl groups excluding tert-OH is 1. The number of carbonyl (C=O) groups excluding carboxylic acids is 3. The molecule has 3 heterocycles. The van der Waals surface area contributed by atoms with Crippen molar-refractivity contribution < 1.29 is 19.5 Å². The summed E-state index contributed by atoms with van der Waals surface area (Å²) in [7, 11) is 0. The van der Waals surface area contributed by atoms with Gasteiger partial charge in [-0.3, -0.25) is 14.4 Å². The second-order valence-corrected chi connectivity index (χ2v) is 13.3. The van der Waals surface area contributed by atoms with E-state index in [0.717, 1.165) is 19.3 Å². The molecule has 3 fully saturated rings.